The average molecular weight is 297 g/mol. The van der Waals surface area contributed by atoms with Crippen LogP contribution in [-0.4, -0.2) is 41.8 Å². The number of aliphatic hydroxyl groups is 1. The normalized spacial score (nSPS) is 17.7. The molecule has 0 rings (SSSR count). The van der Waals surface area contributed by atoms with E-state index in [1.54, 1.807) is 5.32 Å². The Balaban J connectivity index is 4.26. The van der Waals surface area contributed by atoms with Gasteiger partial charge in [0.05, 0.1) is 6.42 Å². The van der Waals surface area contributed by atoms with Crippen molar-refractivity contribution >= 4 is 5.91 Å². The molecule has 0 aliphatic carbocycles. The van der Waals surface area contributed by atoms with E-state index in [2.05, 4.69) is 4.74 Å². The Labute approximate surface area is 104 Å². The lowest BCUT2D eigenvalue weighted by Crippen LogP contribution is -2.47. The fourth-order valence-corrected chi connectivity index (χ4v) is 0.952. The Hall–Kier alpha value is -1.03. The van der Waals surface area contributed by atoms with Gasteiger partial charge in [-0.1, -0.05) is 0 Å². The predicted molar refractivity (Wildman–Crippen MR) is 50.9 cm³/mol. The number of ether oxygens (including phenoxy) is 1. The summed E-state index contributed by atoms with van der Waals surface area (Å²) < 4.78 is 76.1. The van der Waals surface area contributed by atoms with Gasteiger partial charge in [-0.3, -0.25) is 4.79 Å². The first-order valence-corrected chi connectivity index (χ1v) is 5.01. The van der Waals surface area contributed by atoms with Gasteiger partial charge < -0.3 is 15.2 Å². The zero-order valence-corrected chi connectivity index (χ0v) is 10.0. The number of hydrogen-bond acceptors (Lipinski definition) is 3. The van der Waals surface area contributed by atoms with Crippen molar-refractivity contribution in [2.45, 2.75) is 44.4 Å². The van der Waals surface area contributed by atoms with E-state index in [0.29, 0.717) is 6.92 Å². The van der Waals surface area contributed by atoms with Gasteiger partial charge in [-0.2, -0.15) is 26.3 Å². The third-order valence-electron chi connectivity index (χ3n) is 1.98. The first-order chi connectivity index (χ1) is 8.24. The van der Waals surface area contributed by atoms with E-state index in [0.717, 1.165) is 6.92 Å². The maximum absolute atomic E-state index is 12.2. The summed E-state index contributed by atoms with van der Waals surface area (Å²) in [5.74, 6) is -1.28. The predicted octanol–water partition coefficient (Wildman–Crippen LogP) is 1.73. The average Bonchev–Trinajstić information content (AvgIpc) is 2.10. The molecule has 0 aromatic heterocycles. The minimum absolute atomic E-state index is 0.383. The van der Waals surface area contributed by atoms with E-state index in [4.69, 9.17) is 5.11 Å². The smallest absolute Gasteiger partial charge is 0.380 e. The molecule has 0 bridgehead atoms. The summed E-state index contributed by atoms with van der Waals surface area (Å²) in [6, 6.07) is 0. The summed E-state index contributed by atoms with van der Waals surface area (Å²) in [6.45, 7) is -0.246. The maximum atomic E-state index is 12.2. The summed E-state index contributed by atoms with van der Waals surface area (Å²) >= 11 is 0. The third-order valence-corrected chi connectivity index (χ3v) is 1.98. The van der Waals surface area contributed by atoms with Gasteiger partial charge in [0.15, 0.2) is 5.60 Å². The topological polar surface area (TPSA) is 58.6 Å². The summed E-state index contributed by atoms with van der Waals surface area (Å²) in [5.41, 5.74) is -3.26. The number of carbonyl (C=O) groups is 1. The van der Waals surface area contributed by atoms with E-state index in [1.807, 2.05) is 0 Å². The maximum Gasteiger partial charge on any atom is 0.417 e. The second-order valence-electron chi connectivity index (χ2n) is 4.08. The molecule has 114 valence electrons. The van der Waals surface area contributed by atoms with Crippen molar-refractivity contribution in [2.75, 3.05) is 6.61 Å². The quantitative estimate of drug-likeness (QED) is 0.600. The van der Waals surface area contributed by atoms with E-state index >= 15 is 0 Å². The molecule has 0 heterocycles. The minimum atomic E-state index is -5.03. The number of halogens is 6. The van der Waals surface area contributed by atoms with Crippen molar-refractivity contribution in [1.82, 2.24) is 5.32 Å². The molecule has 0 aromatic rings. The Bertz CT molecular complexity index is 312. The highest BCUT2D eigenvalue weighted by Crippen LogP contribution is 2.32. The molecule has 0 saturated heterocycles. The molecular weight excluding hydrogens is 284 g/mol. The van der Waals surface area contributed by atoms with Gasteiger partial charge in [0, 0.05) is 0 Å². The second kappa shape index (κ2) is 5.95. The molecule has 2 N–H and O–H groups in total. The summed E-state index contributed by atoms with van der Waals surface area (Å²) in [7, 11) is 0. The fraction of sp³-hybridized carbons (Fsp3) is 0.889. The fourth-order valence-electron chi connectivity index (χ4n) is 0.952. The molecule has 19 heavy (non-hydrogen) atoms. The third kappa shape index (κ3) is 7.21. The molecule has 2 atom stereocenters. The van der Waals surface area contributed by atoms with Crippen LogP contribution in [0, 0.1) is 0 Å². The Morgan fingerprint density at radius 1 is 1.26 bits per heavy atom. The van der Waals surface area contributed by atoms with Gasteiger partial charge in [0.1, 0.15) is 12.8 Å². The first-order valence-electron chi connectivity index (χ1n) is 5.01. The molecule has 0 aliphatic rings. The van der Waals surface area contributed by atoms with E-state index in [1.165, 1.54) is 0 Å². The van der Waals surface area contributed by atoms with Gasteiger partial charge in [-0.15, -0.1) is 0 Å². The van der Waals surface area contributed by atoms with Crippen molar-refractivity contribution in [2.24, 2.45) is 0 Å². The molecule has 4 nitrogen and oxygen atoms in total. The number of alkyl halides is 6. The van der Waals surface area contributed by atoms with E-state index < -0.39 is 43.1 Å². The van der Waals surface area contributed by atoms with Crippen LogP contribution in [-0.2, 0) is 9.53 Å². The zero-order valence-electron chi connectivity index (χ0n) is 10.0. The van der Waals surface area contributed by atoms with Crippen LogP contribution < -0.4 is 5.32 Å². The van der Waals surface area contributed by atoms with Crippen molar-refractivity contribution in [3.8, 4) is 0 Å². The lowest BCUT2D eigenvalue weighted by atomic mass is 10.0. The van der Waals surface area contributed by atoms with E-state index in [9.17, 15) is 31.1 Å². The van der Waals surface area contributed by atoms with Crippen LogP contribution in [0.4, 0.5) is 26.3 Å². The van der Waals surface area contributed by atoms with E-state index in [-0.39, 0.29) is 0 Å². The molecule has 1 unspecified atom stereocenters. The van der Waals surface area contributed by atoms with Crippen LogP contribution in [0.25, 0.3) is 0 Å². The Morgan fingerprint density at radius 2 is 1.74 bits per heavy atom. The highest BCUT2D eigenvalue weighted by atomic mass is 19.4. The standard InChI is InChI=1S/C9H13F6NO3/c1-5(19-4-8(10,11)12)16-6(17)3-7(2,18)9(13,14)15/h5,18H,3-4H2,1-2H3,(H,16,17)/t5-,7?/m0/s1. The molecule has 0 fully saturated rings. The SMILES string of the molecule is C[C@@H](NC(=O)CC(C)(O)C(F)(F)F)OCC(F)(F)F. The monoisotopic (exact) mass is 297 g/mol. The van der Waals surface area contributed by atoms with Crippen molar-refractivity contribution < 1.29 is 41.0 Å². The van der Waals surface area contributed by atoms with Crippen molar-refractivity contribution in [1.29, 1.82) is 0 Å². The number of hydrogen-bond donors (Lipinski definition) is 2. The number of amides is 1. The molecule has 0 aliphatic heterocycles. The van der Waals surface area contributed by atoms with Gasteiger partial charge in [0.2, 0.25) is 5.91 Å². The summed E-state index contributed by atoms with van der Waals surface area (Å²) in [5, 5.41) is 10.7. The van der Waals surface area contributed by atoms with Crippen molar-refractivity contribution in [3.05, 3.63) is 0 Å². The van der Waals surface area contributed by atoms with Crippen molar-refractivity contribution in [3.63, 3.8) is 0 Å². The molecule has 0 spiro atoms. The summed E-state index contributed by atoms with van der Waals surface area (Å²) in [6.07, 6.45) is -12.4. The van der Waals surface area contributed by atoms with Gasteiger partial charge >= 0.3 is 12.4 Å². The lowest BCUT2D eigenvalue weighted by molar-refractivity contribution is -0.253. The second-order valence-corrected chi connectivity index (χ2v) is 4.08. The van der Waals surface area contributed by atoms with Crippen LogP contribution >= 0.6 is 0 Å². The van der Waals surface area contributed by atoms with Crippen LogP contribution in [0.15, 0.2) is 0 Å². The molecule has 0 saturated carbocycles. The molecular formula is C9H13F6NO3. The number of nitrogens with one attached hydrogen (secondary N) is 1. The molecule has 0 radical (unpaired) electrons. The lowest BCUT2D eigenvalue weighted by Gasteiger charge is -2.26. The largest absolute Gasteiger partial charge is 0.417 e. The van der Waals surface area contributed by atoms with Crippen LogP contribution in [0.2, 0.25) is 0 Å². The van der Waals surface area contributed by atoms with Gasteiger partial charge in [-0.05, 0) is 13.8 Å². The van der Waals surface area contributed by atoms with Crippen LogP contribution in [0.3, 0.4) is 0 Å². The number of carbonyl (C=O) groups excluding carboxylic acids is 1. The molecule has 1 amide bonds. The van der Waals surface area contributed by atoms with Crippen LogP contribution in [0.5, 0.6) is 0 Å². The Kier molecular flexibility index (Phi) is 5.63. The van der Waals surface area contributed by atoms with Crippen LogP contribution in [0.1, 0.15) is 20.3 Å². The molecule has 0 aromatic carbocycles. The highest BCUT2D eigenvalue weighted by Gasteiger charge is 2.51. The Morgan fingerprint density at radius 3 is 2.11 bits per heavy atom. The van der Waals surface area contributed by atoms with Gasteiger partial charge in [-0.25, -0.2) is 0 Å². The molecule has 10 heteroatoms. The first kappa shape index (κ1) is 18.0. The minimum Gasteiger partial charge on any atom is -0.380 e. The zero-order chi connectivity index (χ0) is 15.5. The highest BCUT2D eigenvalue weighted by molar-refractivity contribution is 5.77. The number of rotatable bonds is 5. The summed E-state index contributed by atoms with van der Waals surface area (Å²) in [4.78, 5) is 11.1. The van der Waals surface area contributed by atoms with Gasteiger partial charge in [0.25, 0.3) is 0 Å².